The monoisotopic (exact) mass is 431 g/mol. The summed E-state index contributed by atoms with van der Waals surface area (Å²) < 4.78 is 16.1. The van der Waals surface area contributed by atoms with E-state index in [9.17, 15) is 9.59 Å². The number of hydrogen-bond donors (Lipinski definition) is 1. The summed E-state index contributed by atoms with van der Waals surface area (Å²) in [5.41, 5.74) is 3.91. The van der Waals surface area contributed by atoms with Gasteiger partial charge in [0.05, 0.1) is 19.8 Å². The zero-order chi connectivity index (χ0) is 22.9. The highest BCUT2D eigenvalue weighted by Gasteiger charge is 2.08. The number of carbonyl (C=O) groups is 2. The van der Waals surface area contributed by atoms with Crippen LogP contribution in [0.25, 0.3) is 6.08 Å². The molecule has 1 N–H and O–H groups in total. The van der Waals surface area contributed by atoms with E-state index in [0.717, 1.165) is 16.7 Å². The maximum Gasteiger partial charge on any atom is 0.337 e. The molecule has 164 valence electrons. The second kappa shape index (κ2) is 10.8. The number of carbonyl (C=O) groups excluding carboxylic acids is 2. The number of nitrogens with one attached hydrogen (secondary N) is 1. The van der Waals surface area contributed by atoms with Gasteiger partial charge in [-0.3, -0.25) is 4.79 Å². The largest absolute Gasteiger partial charge is 0.493 e. The summed E-state index contributed by atoms with van der Waals surface area (Å²) in [7, 11) is 2.88. The lowest BCUT2D eigenvalue weighted by molar-refractivity contribution is -0.111. The summed E-state index contributed by atoms with van der Waals surface area (Å²) in [5.74, 6) is 0.406. The summed E-state index contributed by atoms with van der Waals surface area (Å²) in [4.78, 5) is 23.9. The predicted molar refractivity (Wildman–Crippen MR) is 124 cm³/mol. The molecule has 0 saturated heterocycles. The van der Waals surface area contributed by atoms with Gasteiger partial charge in [-0.15, -0.1) is 0 Å². The van der Waals surface area contributed by atoms with E-state index < -0.39 is 5.97 Å². The number of benzene rings is 3. The number of methoxy groups -OCH3 is 2. The molecule has 0 spiro atoms. The molecule has 1 amide bonds. The van der Waals surface area contributed by atoms with Crippen LogP contribution in [0.5, 0.6) is 11.5 Å². The van der Waals surface area contributed by atoms with E-state index >= 15 is 0 Å². The van der Waals surface area contributed by atoms with Gasteiger partial charge in [0, 0.05) is 11.8 Å². The van der Waals surface area contributed by atoms with Crippen molar-refractivity contribution in [3.63, 3.8) is 0 Å². The second-order valence-corrected chi connectivity index (χ2v) is 7.02. The molecule has 6 nitrogen and oxygen atoms in total. The van der Waals surface area contributed by atoms with Crippen molar-refractivity contribution in [2.24, 2.45) is 0 Å². The van der Waals surface area contributed by atoms with Crippen molar-refractivity contribution in [2.75, 3.05) is 19.5 Å². The fourth-order valence-electron chi connectivity index (χ4n) is 3.03. The first-order valence-electron chi connectivity index (χ1n) is 10.0. The van der Waals surface area contributed by atoms with Crippen LogP contribution in [-0.2, 0) is 16.1 Å². The molecule has 3 aromatic rings. The SMILES string of the molecule is COC(=O)c1cccc(NC(=O)/C=C/c2ccc(OCc3ccccc3C)c(OC)c2)c1. The molecule has 0 radical (unpaired) electrons. The molecule has 0 unspecified atom stereocenters. The van der Waals surface area contributed by atoms with Crippen LogP contribution >= 0.6 is 0 Å². The van der Waals surface area contributed by atoms with E-state index in [-0.39, 0.29) is 5.91 Å². The Morgan fingerprint density at radius 2 is 1.75 bits per heavy atom. The molecule has 0 aliphatic carbocycles. The highest BCUT2D eigenvalue weighted by atomic mass is 16.5. The van der Waals surface area contributed by atoms with Crippen molar-refractivity contribution in [1.29, 1.82) is 0 Å². The van der Waals surface area contributed by atoms with Crippen LogP contribution in [0, 0.1) is 6.92 Å². The van der Waals surface area contributed by atoms with Crippen molar-refractivity contribution in [3.05, 3.63) is 95.1 Å². The van der Waals surface area contributed by atoms with E-state index in [1.165, 1.54) is 13.2 Å². The van der Waals surface area contributed by atoms with Gasteiger partial charge in [-0.25, -0.2) is 4.79 Å². The first-order chi connectivity index (χ1) is 15.5. The Bertz CT molecular complexity index is 1140. The molecule has 0 fully saturated rings. The Morgan fingerprint density at radius 3 is 2.50 bits per heavy atom. The quantitative estimate of drug-likeness (QED) is 0.400. The van der Waals surface area contributed by atoms with E-state index in [1.54, 1.807) is 43.5 Å². The highest BCUT2D eigenvalue weighted by Crippen LogP contribution is 2.29. The Balaban J connectivity index is 1.65. The van der Waals surface area contributed by atoms with Crippen LogP contribution in [0.1, 0.15) is 27.0 Å². The topological polar surface area (TPSA) is 73.9 Å². The average Bonchev–Trinajstić information content (AvgIpc) is 2.82. The standard InChI is InChI=1S/C26H25NO5/c1-18-7-4-5-8-21(18)17-32-23-13-11-19(15-24(23)30-2)12-14-25(28)27-22-10-6-9-20(16-22)26(29)31-3/h4-16H,17H2,1-3H3,(H,27,28)/b14-12+. The highest BCUT2D eigenvalue weighted by molar-refractivity contribution is 6.02. The van der Waals surface area contributed by atoms with Gasteiger partial charge in [0.15, 0.2) is 11.5 Å². The number of esters is 1. The Morgan fingerprint density at radius 1 is 0.938 bits per heavy atom. The number of anilines is 1. The van der Waals surface area contributed by atoms with E-state index in [1.807, 2.05) is 43.3 Å². The maximum atomic E-state index is 12.3. The summed E-state index contributed by atoms with van der Waals surface area (Å²) in [6.45, 7) is 2.48. The molecular formula is C26H25NO5. The first kappa shape index (κ1) is 22.6. The van der Waals surface area contributed by atoms with Crippen LogP contribution in [0.4, 0.5) is 5.69 Å². The Hall–Kier alpha value is -4.06. The fourth-order valence-corrected chi connectivity index (χ4v) is 3.03. The molecular weight excluding hydrogens is 406 g/mol. The van der Waals surface area contributed by atoms with Crippen molar-refractivity contribution < 1.29 is 23.8 Å². The van der Waals surface area contributed by atoms with Crippen LogP contribution in [0.3, 0.4) is 0 Å². The molecule has 0 aliphatic heterocycles. The molecule has 0 heterocycles. The zero-order valence-corrected chi connectivity index (χ0v) is 18.3. The van der Waals surface area contributed by atoms with Gasteiger partial charge in [-0.1, -0.05) is 36.4 Å². The Labute approximate surface area is 187 Å². The van der Waals surface area contributed by atoms with Gasteiger partial charge in [0.2, 0.25) is 5.91 Å². The molecule has 3 aromatic carbocycles. The van der Waals surface area contributed by atoms with Crippen molar-refractivity contribution in [2.45, 2.75) is 13.5 Å². The van der Waals surface area contributed by atoms with Crippen LogP contribution in [0.15, 0.2) is 72.8 Å². The number of aryl methyl sites for hydroxylation is 1. The van der Waals surface area contributed by atoms with Gasteiger partial charge in [0.1, 0.15) is 6.61 Å². The normalized spacial score (nSPS) is 10.6. The van der Waals surface area contributed by atoms with Crippen LogP contribution < -0.4 is 14.8 Å². The minimum Gasteiger partial charge on any atom is -0.493 e. The third-order valence-corrected chi connectivity index (χ3v) is 4.81. The minimum absolute atomic E-state index is 0.328. The number of hydrogen-bond acceptors (Lipinski definition) is 5. The number of rotatable bonds is 8. The van der Waals surface area contributed by atoms with Gasteiger partial charge >= 0.3 is 5.97 Å². The van der Waals surface area contributed by atoms with Crippen molar-refractivity contribution in [3.8, 4) is 11.5 Å². The number of amides is 1. The van der Waals surface area contributed by atoms with E-state index in [2.05, 4.69) is 5.32 Å². The third-order valence-electron chi connectivity index (χ3n) is 4.81. The molecule has 0 aromatic heterocycles. The lowest BCUT2D eigenvalue weighted by Crippen LogP contribution is -2.09. The summed E-state index contributed by atoms with van der Waals surface area (Å²) in [6.07, 6.45) is 3.08. The molecule has 0 atom stereocenters. The number of ether oxygens (including phenoxy) is 3. The zero-order valence-electron chi connectivity index (χ0n) is 18.3. The first-order valence-corrected chi connectivity index (χ1v) is 10.0. The molecule has 0 aliphatic rings. The lowest BCUT2D eigenvalue weighted by atomic mass is 10.1. The molecule has 32 heavy (non-hydrogen) atoms. The molecule has 0 bridgehead atoms. The summed E-state index contributed by atoms with van der Waals surface area (Å²) >= 11 is 0. The smallest absolute Gasteiger partial charge is 0.337 e. The predicted octanol–water partition coefficient (Wildman–Crippen LogP) is 5.02. The van der Waals surface area contributed by atoms with Gasteiger partial charge in [-0.05, 0) is 60.0 Å². The van der Waals surface area contributed by atoms with Gasteiger partial charge in [0.25, 0.3) is 0 Å². The van der Waals surface area contributed by atoms with Crippen LogP contribution in [-0.4, -0.2) is 26.1 Å². The van der Waals surface area contributed by atoms with Gasteiger partial charge < -0.3 is 19.5 Å². The van der Waals surface area contributed by atoms with Crippen molar-refractivity contribution >= 4 is 23.6 Å². The van der Waals surface area contributed by atoms with E-state index in [4.69, 9.17) is 14.2 Å². The maximum absolute atomic E-state index is 12.3. The minimum atomic E-state index is -0.464. The third kappa shape index (κ3) is 5.98. The summed E-state index contributed by atoms with van der Waals surface area (Å²) in [5, 5.41) is 2.73. The molecule has 6 heteroatoms. The average molecular weight is 431 g/mol. The second-order valence-electron chi connectivity index (χ2n) is 7.02. The molecule has 0 saturated carbocycles. The summed E-state index contributed by atoms with van der Waals surface area (Å²) in [6, 6.07) is 20.0. The Kier molecular flexibility index (Phi) is 7.65. The van der Waals surface area contributed by atoms with Gasteiger partial charge in [-0.2, -0.15) is 0 Å². The van der Waals surface area contributed by atoms with Crippen LogP contribution in [0.2, 0.25) is 0 Å². The fraction of sp³-hybridized carbons (Fsp3) is 0.154. The van der Waals surface area contributed by atoms with Crippen molar-refractivity contribution in [1.82, 2.24) is 0 Å². The molecule has 3 rings (SSSR count). The van der Waals surface area contributed by atoms with E-state index in [0.29, 0.717) is 29.4 Å². The lowest BCUT2D eigenvalue weighted by Gasteiger charge is -2.12.